The molecule has 20 heavy (non-hydrogen) atoms. The number of nitrogens with zero attached hydrogens (tertiary/aromatic N) is 1. The van der Waals surface area contributed by atoms with Crippen LogP contribution in [0.3, 0.4) is 0 Å². The molecular weight excluding hydrogens is 268 g/mol. The van der Waals surface area contributed by atoms with Crippen LogP contribution in [-0.4, -0.2) is 10.9 Å². The zero-order chi connectivity index (χ0) is 14.1. The van der Waals surface area contributed by atoms with Gasteiger partial charge >= 0.3 is 0 Å². The number of fused-ring (bicyclic) bond motifs is 1. The third kappa shape index (κ3) is 2.75. The van der Waals surface area contributed by atoms with Crippen molar-refractivity contribution in [3.05, 3.63) is 45.3 Å². The first kappa shape index (κ1) is 13.3. The van der Waals surface area contributed by atoms with E-state index in [1.165, 1.54) is 16.9 Å². The number of hydrogen-bond acceptors (Lipinski definition) is 3. The molecule has 2 aromatic heterocycles. The fraction of sp³-hybridized carbons (Fsp3) is 0.375. The second-order valence-corrected chi connectivity index (χ2v) is 6.66. The molecule has 0 radical (unpaired) electrons. The van der Waals surface area contributed by atoms with Gasteiger partial charge in [-0.05, 0) is 55.9 Å². The molecule has 1 amide bonds. The molecule has 4 heteroatoms. The maximum Gasteiger partial charge on any atom is 0.266 e. The summed E-state index contributed by atoms with van der Waals surface area (Å²) in [5, 5.41) is 2.88. The van der Waals surface area contributed by atoms with Gasteiger partial charge in [-0.25, -0.2) is 4.98 Å². The molecule has 1 unspecified atom stereocenters. The van der Waals surface area contributed by atoms with E-state index in [-0.39, 0.29) is 5.91 Å². The van der Waals surface area contributed by atoms with Crippen LogP contribution < -0.4 is 5.32 Å². The molecule has 2 aromatic rings. The Bertz CT molecular complexity index is 648. The Labute approximate surface area is 123 Å². The number of amides is 1. The Kier molecular flexibility index (Phi) is 3.57. The quantitative estimate of drug-likeness (QED) is 0.911. The van der Waals surface area contributed by atoms with Gasteiger partial charge in [0.15, 0.2) is 0 Å². The monoisotopic (exact) mass is 286 g/mol. The molecule has 0 aromatic carbocycles. The number of anilines is 1. The number of pyridine rings is 1. The van der Waals surface area contributed by atoms with E-state index in [1.807, 2.05) is 25.1 Å². The summed E-state index contributed by atoms with van der Waals surface area (Å²) >= 11 is 1.63. The van der Waals surface area contributed by atoms with E-state index in [4.69, 9.17) is 0 Å². The average molecular weight is 286 g/mol. The molecule has 104 valence electrons. The second kappa shape index (κ2) is 5.37. The van der Waals surface area contributed by atoms with Crippen LogP contribution in [0.5, 0.6) is 0 Å². The van der Waals surface area contributed by atoms with E-state index < -0.39 is 0 Å². The SMILES string of the molecule is Cc1cccc(NC(=O)c2cc3c(s2)CCC(C)C3)n1. The molecular formula is C16H18N2OS. The van der Waals surface area contributed by atoms with Gasteiger partial charge < -0.3 is 5.32 Å². The lowest BCUT2D eigenvalue weighted by molar-refractivity contribution is 0.103. The Morgan fingerprint density at radius 2 is 2.30 bits per heavy atom. The van der Waals surface area contributed by atoms with Gasteiger partial charge in [0.1, 0.15) is 5.82 Å². The summed E-state index contributed by atoms with van der Waals surface area (Å²) in [6, 6.07) is 7.70. The second-order valence-electron chi connectivity index (χ2n) is 5.53. The molecule has 0 aliphatic heterocycles. The summed E-state index contributed by atoms with van der Waals surface area (Å²) in [7, 11) is 0. The van der Waals surface area contributed by atoms with Gasteiger partial charge in [-0.2, -0.15) is 0 Å². The Morgan fingerprint density at radius 3 is 3.10 bits per heavy atom. The van der Waals surface area contributed by atoms with Gasteiger partial charge in [-0.15, -0.1) is 11.3 Å². The number of nitrogens with one attached hydrogen (secondary N) is 1. The van der Waals surface area contributed by atoms with Crippen LogP contribution in [0.1, 0.15) is 39.2 Å². The first-order valence-electron chi connectivity index (χ1n) is 6.98. The molecule has 0 bridgehead atoms. The van der Waals surface area contributed by atoms with Crippen molar-refractivity contribution in [1.82, 2.24) is 4.98 Å². The minimum atomic E-state index is -0.0462. The summed E-state index contributed by atoms with van der Waals surface area (Å²) in [6.07, 6.45) is 3.44. The van der Waals surface area contributed by atoms with Crippen molar-refractivity contribution in [2.45, 2.75) is 33.1 Å². The molecule has 1 atom stereocenters. The Balaban J connectivity index is 1.78. The van der Waals surface area contributed by atoms with Crippen LogP contribution >= 0.6 is 11.3 Å². The molecule has 2 heterocycles. The van der Waals surface area contributed by atoms with Gasteiger partial charge in [-0.1, -0.05) is 13.0 Å². The van der Waals surface area contributed by atoms with E-state index in [0.29, 0.717) is 5.82 Å². The third-order valence-electron chi connectivity index (χ3n) is 3.68. The predicted octanol–water partition coefficient (Wildman–Crippen LogP) is 3.83. The molecule has 1 N–H and O–H groups in total. The van der Waals surface area contributed by atoms with E-state index in [9.17, 15) is 4.79 Å². The van der Waals surface area contributed by atoms with Crippen molar-refractivity contribution in [1.29, 1.82) is 0 Å². The summed E-state index contributed by atoms with van der Waals surface area (Å²) in [5.74, 6) is 1.30. The number of carbonyl (C=O) groups is 1. The van der Waals surface area contributed by atoms with Crippen molar-refractivity contribution in [2.24, 2.45) is 5.92 Å². The third-order valence-corrected chi connectivity index (χ3v) is 4.92. The highest BCUT2D eigenvalue weighted by atomic mass is 32.1. The lowest BCUT2D eigenvalue weighted by Gasteiger charge is -2.16. The predicted molar refractivity (Wildman–Crippen MR) is 82.4 cm³/mol. The molecule has 0 saturated carbocycles. The molecule has 3 rings (SSSR count). The minimum Gasteiger partial charge on any atom is -0.306 e. The van der Waals surface area contributed by atoms with Crippen LogP contribution in [0, 0.1) is 12.8 Å². The van der Waals surface area contributed by atoms with Gasteiger partial charge in [0.25, 0.3) is 5.91 Å². The Hall–Kier alpha value is -1.68. The van der Waals surface area contributed by atoms with Crippen LogP contribution in [0.2, 0.25) is 0 Å². The van der Waals surface area contributed by atoms with E-state index >= 15 is 0 Å². The molecule has 0 fully saturated rings. The highest BCUT2D eigenvalue weighted by Gasteiger charge is 2.20. The summed E-state index contributed by atoms with van der Waals surface area (Å²) in [6.45, 7) is 4.19. The van der Waals surface area contributed by atoms with Crippen LogP contribution in [0.15, 0.2) is 24.3 Å². The normalized spacial score (nSPS) is 17.6. The number of rotatable bonds is 2. The standard InChI is InChI=1S/C16H18N2OS/c1-10-6-7-13-12(8-10)9-14(20-13)16(19)18-15-5-3-4-11(2)17-15/h3-5,9-10H,6-8H2,1-2H3,(H,17,18,19). The van der Waals surface area contributed by atoms with E-state index in [1.54, 1.807) is 11.3 Å². The van der Waals surface area contributed by atoms with Crippen molar-refractivity contribution in [2.75, 3.05) is 5.32 Å². The fourth-order valence-corrected chi connectivity index (χ4v) is 3.71. The Morgan fingerprint density at radius 1 is 1.45 bits per heavy atom. The fourth-order valence-electron chi connectivity index (χ4n) is 2.61. The first-order valence-corrected chi connectivity index (χ1v) is 7.80. The lowest BCUT2D eigenvalue weighted by Crippen LogP contribution is -2.11. The summed E-state index contributed by atoms with van der Waals surface area (Å²) in [4.78, 5) is 18.8. The zero-order valence-electron chi connectivity index (χ0n) is 11.8. The van der Waals surface area contributed by atoms with Gasteiger partial charge in [0, 0.05) is 10.6 Å². The van der Waals surface area contributed by atoms with Crippen molar-refractivity contribution in [3.8, 4) is 0 Å². The summed E-state index contributed by atoms with van der Waals surface area (Å²) in [5.41, 5.74) is 2.26. The highest BCUT2D eigenvalue weighted by molar-refractivity contribution is 7.14. The smallest absolute Gasteiger partial charge is 0.266 e. The number of aryl methyl sites for hydroxylation is 2. The van der Waals surface area contributed by atoms with E-state index in [2.05, 4.69) is 23.3 Å². The highest BCUT2D eigenvalue weighted by Crippen LogP contribution is 2.32. The largest absolute Gasteiger partial charge is 0.306 e. The minimum absolute atomic E-state index is 0.0462. The molecule has 0 saturated heterocycles. The van der Waals surface area contributed by atoms with E-state index in [0.717, 1.165) is 29.3 Å². The molecule has 3 nitrogen and oxygen atoms in total. The first-order chi connectivity index (χ1) is 9.61. The van der Waals surface area contributed by atoms with Crippen molar-refractivity contribution in [3.63, 3.8) is 0 Å². The van der Waals surface area contributed by atoms with Crippen LogP contribution in [0.25, 0.3) is 0 Å². The molecule has 1 aliphatic rings. The van der Waals surface area contributed by atoms with Gasteiger partial charge in [-0.3, -0.25) is 4.79 Å². The summed E-state index contributed by atoms with van der Waals surface area (Å²) < 4.78 is 0. The number of hydrogen-bond donors (Lipinski definition) is 1. The topological polar surface area (TPSA) is 42.0 Å². The maximum atomic E-state index is 12.3. The molecule has 1 aliphatic carbocycles. The van der Waals surface area contributed by atoms with Crippen LogP contribution in [0.4, 0.5) is 5.82 Å². The maximum absolute atomic E-state index is 12.3. The lowest BCUT2D eigenvalue weighted by atomic mass is 9.90. The van der Waals surface area contributed by atoms with Crippen molar-refractivity contribution < 1.29 is 4.79 Å². The average Bonchev–Trinajstić information content (AvgIpc) is 2.81. The van der Waals surface area contributed by atoms with Gasteiger partial charge in [0.05, 0.1) is 4.88 Å². The number of aromatic nitrogens is 1. The number of thiophene rings is 1. The van der Waals surface area contributed by atoms with Crippen LogP contribution in [-0.2, 0) is 12.8 Å². The zero-order valence-corrected chi connectivity index (χ0v) is 12.6. The molecule has 0 spiro atoms. The number of carbonyl (C=O) groups excluding carboxylic acids is 1. The van der Waals surface area contributed by atoms with Gasteiger partial charge in [0.2, 0.25) is 0 Å². The van der Waals surface area contributed by atoms with Crippen molar-refractivity contribution >= 4 is 23.1 Å².